The first-order valence-electron chi connectivity index (χ1n) is 8.39. The van der Waals surface area contributed by atoms with E-state index in [1.807, 2.05) is 4.90 Å². The second-order valence-corrected chi connectivity index (χ2v) is 7.91. The van der Waals surface area contributed by atoms with Crippen LogP contribution in [0.3, 0.4) is 0 Å². The molecule has 0 radical (unpaired) electrons. The molecule has 2 aromatic carbocycles. The number of sulfonamides is 1. The third-order valence-electron chi connectivity index (χ3n) is 4.41. The Hall–Kier alpha value is -1.94. The standard InChI is InChI=1S/C18H19F3N2O3S/c19-14-3-1-13(2-4-14)18(23-7-9-26-10-8-23)12-22-27(24,25)15-5-6-16(20)17(21)11-15/h1-6,11,18,22H,7-10,12H2/t18-/m1/s1. The van der Waals surface area contributed by atoms with Gasteiger partial charge in [0.25, 0.3) is 0 Å². The van der Waals surface area contributed by atoms with Crippen LogP contribution in [0, 0.1) is 17.5 Å². The highest BCUT2D eigenvalue weighted by molar-refractivity contribution is 7.89. The van der Waals surface area contributed by atoms with Gasteiger partial charge in [-0.3, -0.25) is 4.90 Å². The van der Waals surface area contributed by atoms with E-state index < -0.39 is 21.7 Å². The molecule has 0 unspecified atom stereocenters. The molecule has 9 heteroatoms. The lowest BCUT2D eigenvalue weighted by atomic mass is 10.0. The van der Waals surface area contributed by atoms with Gasteiger partial charge in [0.1, 0.15) is 5.82 Å². The van der Waals surface area contributed by atoms with Crippen LogP contribution in [0.2, 0.25) is 0 Å². The van der Waals surface area contributed by atoms with Crippen molar-refractivity contribution >= 4 is 10.0 Å². The Morgan fingerprint density at radius 1 is 1.00 bits per heavy atom. The lowest BCUT2D eigenvalue weighted by Gasteiger charge is -2.34. The van der Waals surface area contributed by atoms with Crippen molar-refractivity contribution in [1.29, 1.82) is 0 Å². The molecule has 0 bridgehead atoms. The minimum Gasteiger partial charge on any atom is -0.379 e. The zero-order valence-electron chi connectivity index (χ0n) is 14.4. The third kappa shape index (κ3) is 4.86. The monoisotopic (exact) mass is 400 g/mol. The average molecular weight is 400 g/mol. The molecule has 1 aliphatic heterocycles. The Morgan fingerprint density at radius 2 is 1.67 bits per heavy atom. The molecule has 1 N–H and O–H groups in total. The molecule has 5 nitrogen and oxygen atoms in total. The second kappa shape index (κ2) is 8.39. The highest BCUT2D eigenvalue weighted by atomic mass is 32.2. The maximum absolute atomic E-state index is 13.4. The minimum atomic E-state index is -4.04. The molecule has 0 spiro atoms. The van der Waals surface area contributed by atoms with Crippen LogP contribution in [0.25, 0.3) is 0 Å². The SMILES string of the molecule is O=S(=O)(NC[C@H](c1ccc(F)cc1)N1CCOCC1)c1ccc(F)c(F)c1. The van der Waals surface area contributed by atoms with Gasteiger partial charge in [0.15, 0.2) is 11.6 Å². The fourth-order valence-corrected chi connectivity index (χ4v) is 4.00. The molecule has 0 amide bonds. The number of benzene rings is 2. The molecule has 1 heterocycles. The molecular weight excluding hydrogens is 381 g/mol. The van der Waals surface area contributed by atoms with Crippen LogP contribution in [-0.2, 0) is 14.8 Å². The first-order valence-corrected chi connectivity index (χ1v) is 9.87. The summed E-state index contributed by atoms with van der Waals surface area (Å²) in [6.07, 6.45) is 0. The average Bonchev–Trinajstić information content (AvgIpc) is 2.66. The van der Waals surface area contributed by atoms with Crippen molar-refractivity contribution in [2.24, 2.45) is 0 Å². The van der Waals surface area contributed by atoms with Crippen LogP contribution < -0.4 is 4.72 Å². The van der Waals surface area contributed by atoms with Gasteiger partial charge in [-0.05, 0) is 35.9 Å². The van der Waals surface area contributed by atoms with E-state index >= 15 is 0 Å². The number of rotatable bonds is 6. The van der Waals surface area contributed by atoms with Gasteiger partial charge in [-0.2, -0.15) is 0 Å². The Kier molecular flexibility index (Phi) is 6.15. The number of hydrogen-bond donors (Lipinski definition) is 1. The predicted octanol–water partition coefficient (Wildman–Crippen LogP) is 2.46. The molecule has 0 aliphatic carbocycles. The Morgan fingerprint density at radius 3 is 2.30 bits per heavy atom. The summed E-state index contributed by atoms with van der Waals surface area (Å²) in [7, 11) is -4.04. The van der Waals surface area contributed by atoms with Gasteiger partial charge in [-0.15, -0.1) is 0 Å². The lowest BCUT2D eigenvalue weighted by Crippen LogP contribution is -2.43. The first-order chi connectivity index (χ1) is 12.9. The summed E-state index contributed by atoms with van der Waals surface area (Å²) in [4.78, 5) is 1.67. The number of morpholine rings is 1. The van der Waals surface area contributed by atoms with E-state index in [-0.39, 0.29) is 23.3 Å². The molecule has 0 saturated carbocycles. The molecule has 1 atom stereocenters. The Bertz CT molecular complexity index is 885. The number of ether oxygens (including phenoxy) is 1. The maximum atomic E-state index is 13.4. The molecule has 1 saturated heterocycles. The smallest absolute Gasteiger partial charge is 0.240 e. The van der Waals surface area contributed by atoms with E-state index in [9.17, 15) is 21.6 Å². The van der Waals surface area contributed by atoms with Gasteiger partial charge in [-0.1, -0.05) is 12.1 Å². The zero-order valence-corrected chi connectivity index (χ0v) is 15.2. The predicted molar refractivity (Wildman–Crippen MR) is 93.1 cm³/mol. The van der Waals surface area contributed by atoms with Crippen LogP contribution in [0.1, 0.15) is 11.6 Å². The molecule has 1 fully saturated rings. The highest BCUT2D eigenvalue weighted by Crippen LogP contribution is 2.23. The summed E-state index contributed by atoms with van der Waals surface area (Å²) in [5, 5.41) is 0. The van der Waals surface area contributed by atoms with Crippen molar-refractivity contribution < 1.29 is 26.3 Å². The second-order valence-electron chi connectivity index (χ2n) is 6.14. The van der Waals surface area contributed by atoms with E-state index in [4.69, 9.17) is 4.74 Å². The summed E-state index contributed by atoms with van der Waals surface area (Å²) in [6.45, 7) is 2.19. The van der Waals surface area contributed by atoms with Crippen molar-refractivity contribution in [3.05, 3.63) is 65.5 Å². The van der Waals surface area contributed by atoms with E-state index in [1.165, 1.54) is 12.1 Å². The summed E-state index contributed by atoms with van der Waals surface area (Å²) >= 11 is 0. The summed E-state index contributed by atoms with van der Waals surface area (Å²) < 4.78 is 72.4. The summed E-state index contributed by atoms with van der Waals surface area (Å²) in [6, 6.07) is 7.88. The first kappa shape index (κ1) is 19.8. The van der Waals surface area contributed by atoms with E-state index in [1.54, 1.807) is 12.1 Å². The molecule has 2 aromatic rings. The highest BCUT2D eigenvalue weighted by Gasteiger charge is 2.25. The van der Waals surface area contributed by atoms with Gasteiger partial charge in [-0.25, -0.2) is 26.3 Å². The van der Waals surface area contributed by atoms with Gasteiger partial charge >= 0.3 is 0 Å². The summed E-state index contributed by atoms with van der Waals surface area (Å²) in [5.41, 5.74) is 0.742. The quantitative estimate of drug-likeness (QED) is 0.809. The fraction of sp³-hybridized carbons (Fsp3) is 0.333. The fourth-order valence-electron chi connectivity index (χ4n) is 2.95. The topological polar surface area (TPSA) is 58.6 Å². The number of nitrogens with one attached hydrogen (secondary N) is 1. The summed E-state index contributed by atoms with van der Waals surface area (Å²) in [5.74, 6) is -2.74. The molecule has 0 aromatic heterocycles. The van der Waals surface area contributed by atoms with Gasteiger partial charge < -0.3 is 4.74 Å². The van der Waals surface area contributed by atoms with E-state index in [0.29, 0.717) is 32.4 Å². The van der Waals surface area contributed by atoms with Crippen molar-refractivity contribution in [1.82, 2.24) is 9.62 Å². The van der Waals surface area contributed by atoms with Gasteiger partial charge in [0.2, 0.25) is 10.0 Å². The molecule has 3 rings (SSSR count). The third-order valence-corrected chi connectivity index (χ3v) is 5.83. The molecular formula is C18H19F3N2O3S. The maximum Gasteiger partial charge on any atom is 0.240 e. The van der Waals surface area contributed by atoms with Crippen LogP contribution in [0.15, 0.2) is 47.4 Å². The van der Waals surface area contributed by atoms with E-state index in [2.05, 4.69) is 4.72 Å². The van der Waals surface area contributed by atoms with Crippen LogP contribution >= 0.6 is 0 Å². The number of halogens is 3. The Labute approximate surface area is 155 Å². The molecule has 27 heavy (non-hydrogen) atoms. The zero-order chi connectivity index (χ0) is 19.4. The number of hydrogen-bond acceptors (Lipinski definition) is 4. The molecule has 146 valence electrons. The van der Waals surface area contributed by atoms with Crippen molar-refractivity contribution in [3.63, 3.8) is 0 Å². The minimum absolute atomic E-state index is 0.00698. The number of nitrogens with zero attached hydrogens (tertiary/aromatic N) is 1. The van der Waals surface area contributed by atoms with Crippen molar-refractivity contribution in [2.45, 2.75) is 10.9 Å². The largest absolute Gasteiger partial charge is 0.379 e. The van der Waals surface area contributed by atoms with E-state index in [0.717, 1.165) is 17.7 Å². The van der Waals surface area contributed by atoms with Crippen LogP contribution in [0.5, 0.6) is 0 Å². The van der Waals surface area contributed by atoms with Crippen molar-refractivity contribution in [2.75, 3.05) is 32.8 Å². The van der Waals surface area contributed by atoms with Crippen molar-refractivity contribution in [3.8, 4) is 0 Å². The molecule has 1 aliphatic rings. The van der Waals surface area contributed by atoms with Gasteiger partial charge in [0, 0.05) is 25.7 Å². The van der Waals surface area contributed by atoms with Crippen LogP contribution in [-0.4, -0.2) is 46.2 Å². The normalized spacial score (nSPS) is 17.0. The lowest BCUT2D eigenvalue weighted by molar-refractivity contribution is 0.0172. The Balaban J connectivity index is 1.80. The van der Waals surface area contributed by atoms with Gasteiger partial charge in [0.05, 0.1) is 18.1 Å². The van der Waals surface area contributed by atoms with Crippen LogP contribution in [0.4, 0.5) is 13.2 Å².